The lowest BCUT2D eigenvalue weighted by molar-refractivity contribution is -1.92. The molecule has 1 aliphatic carbocycles. The smallest absolute Gasteiger partial charge is 0.310 e. The summed E-state index contributed by atoms with van der Waals surface area (Å²) in [6.07, 6.45) is 0. The molecule has 0 saturated carbocycles. The van der Waals surface area contributed by atoms with Crippen molar-refractivity contribution in [2.45, 2.75) is 54.1 Å². The molecule has 0 aliphatic heterocycles. The second kappa shape index (κ2) is 6.53. The van der Waals surface area contributed by atoms with E-state index in [-0.39, 0.29) is 0 Å². The first-order valence-corrected chi connectivity index (χ1v) is 9.10. The maximum Gasteiger partial charge on any atom is 0.310 e. The van der Waals surface area contributed by atoms with Gasteiger partial charge < -0.3 is 9.80 Å². The summed E-state index contributed by atoms with van der Waals surface area (Å²) in [5.74, 6) is 0. The van der Waals surface area contributed by atoms with Crippen LogP contribution in [0.1, 0.15) is 48.5 Å². The molecule has 0 unspecified atom stereocenters. The fraction of sp³-hybridized carbons (Fsp3) is 0.867. The highest BCUT2D eigenvalue weighted by Gasteiger charge is 2.75. The molecule has 0 bridgehead atoms. The van der Waals surface area contributed by atoms with Crippen molar-refractivity contribution in [1.82, 2.24) is 9.80 Å². The molecule has 0 aromatic heterocycles. The lowest BCUT2D eigenvalue weighted by atomic mass is 9.83. The Bertz CT molecular complexity index is 396. The summed E-state index contributed by atoms with van der Waals surface area (Å²) in [5, 5.41) is 0. The van der Waals surface area contributed by atoms with Gasteiger partial charge in [-0.05, 0) is 27.7 Å². The summed E-state index contributed by atoms with van der Waals surface area (Å²) in [6.45, 7) is 16.6. The summed E-state index contributed by atoms with van der Waals surface area (Å²) >= 11 is 0. The highest BCUT2D eigenvalue weighted by atomic mass is 35.7. The maximum atomic E-state index is 11.4. The molecule has 0 amide bonds. The predicted molar refractivity (Wildman–Crippen MR) is 76.1 cm³/mol. The Kier molecular flexibility index (Phi) is 5.79. The molecular weight excluding hydrogens is 308 g/mol. The van der Waals surface area contributed by atoms with Crippen molar-refractivity contribution < 1.29 is 28.5 Å². The van der Waals surface area contributed by atoms with Gasteiger partial charge in [0.2, 0.25) is 0 Å². The molecule has 1 aliphatic rings. The molecule has 22 heavy (non-hydrogen) atoms. The lowest BCUT2D eigenvalue weighted by Gasteiger charge is -2.33. The molecule has 130 valence electrons. The van der Waals surface area contributed by atoms with Crippen molar-refractivity contribution in [2.24, 2.45) is 5.41 Å². The van der Waals surface area contributed by atoms with Gasteiger partial charge >= 0.3 is 5.60 Å². The van der Waals surface area contributed by atoms with Gasteiger partial charge in [0.05, 0.1) is 25.9 Å². The molecule has 0 fully saturated rings. The van der Waals surface area contributed by atoms with Gasteiger partial charge in [-0.1, -0.05) is 20.8 Å². The van der Waals surface area contributed by atoms with Crippen molar-refractivity contribution >= 4 is 0 Å². The van der Waals surface area contributed by atoms with Gasteiger partial charge in [0.1, 0.15) is 0 Å². The van der Waals surface area contributed by atoms with E-state index in [1.165, 1.54) is 0 Å². The van der Waals surface area contributed by atoms with E-state index in [1.807, 2.05) is 48.5 Å². The number of likely N-dealkylation sites (N-methyl/N-ethyl adjacent to an activating group) is 2. The van der Waals surface area contributed by atoms with Crippen LogP contribution in [0.3, 0.4) is 0 Å². The Hall–Kier alpha value is -0.530. The minimum Gasteiger partial charge on any atom is -0.371 e. The van der Waals surface area contributed by atoms with Gasteiger partial charge in [0.15, 0.2) is 0 Å². The van der Waals surface area contributed by atoms with Gasteiger partial charge in [-0.3, -0.25) is 0 Å². The monoisotopic (exact) mass is 336 g/mol. The standard InChI is InChI=1S/C15H29ClN2O4/c1-8-17(9-2)12-13(18(10-3)11-4)15(12,14(5,6)7)22-16(19,20)21/h8-11H2,1-7H3. The molecule has 0 aromatic rings. The average Bonchev–Trinajstić information content (AvgIpc) is 3.00. The third-order valence-electron chi connectivity index (χ3n) is 4.25. The van der Waals surface area contributed by atoms with Gasteiger partial charge in [-0.15, -0.1) is 0 Å². The van der Waals surface area contributed by atoms with Gasteiger partial charge in [0, 0.05) is 31.6 Å². The predicted octanol–water partition coefficient (Wildman–Crippen LogP) is -0.406. The molecule has 0 heterocycles. The van der Waals surface area contributed by atoms with Crippen LogP contribution in [0.5, 0.6) is 0 Å². The summed E-state index contributed by atoms with van der Waals surface area (Å²) < 4.78 is 39.2. The van der Waals surface area contributed by atoms with E-state index in [4.69, 9.17) is 4.29 Å². The molecule has 0 spiro atoms. The fourth-order valence-electron chi connectivity index (χ4n) is 3.10. The summed E-state index contributed by atoms with van der Waals surface area (Å²) in [5.41, 5.74) is -0.0817. The van der Waals surface area contributed by atoms with Crippen LogP contribution in [0.15, 0.2) is 11.4 Å². The SMILES string of the molecule is CCN(CC)C1=C(N(CC)CC)C1(O[Cl+3]([O-])([O-])[O-])C(C)(C)C. The van der Waals surface area contributed by atoms with Crippen LogP contribution in [-0.4, -0.2) is 41.6 Å². The molecule has 0 radical (unpaired) electrons. The van der Waals surface area contributed by atoms with Crippen LogP contribution < -0.4 is 14.0 Å². The first-order chi connectivity index (χ1) is 10.00. The number of halogens is 1. The highest BCUT2D eigenvalue weighted by Crippen LogP contribution is 2.60. The molecule has 0 saturated heterocycles. The van der Waals surface area contributed by atoms with Crippen LogP contribution in [0, 0.1) is 15.7 Å². The molecule has 0 N–H and O–H groups in total. The minimum absolute atomic E-state index is 0.548. The van der Waals surface area contributed by atoms with Crippen LogP contribution >= 0.6 is 0 Å². The van der Waals surface area contributed by atoms with Crippen LogP contribution in [-0.2, 0) is 4.29 Å². The number of hydrogen-bond acceptors (Lipinski definition) is 6. The zero-order valence-corrected chi connectivity index (χ0v) is 15.5. The van der Waals surface area contributed by atoms with E-state index in [0.717, 1.165) is 37.6 Å². The highest BCUT2D eigenvalue weighted by molar-refractivity contribution is 5.53. The Morgan fingerprint density at radius 2 is 1.18 bits per heavy atom. The van der Waals surface area contributed by atoms with Crippen molar-refractivity contribution in [1.29, 1.82) is 0 Å². The van der Waals surface area contributed by atoms with Gasteiger partial charge in [0.25, 0.3) is 0 Å². The Morgan fingerprint density at radius 3 is 1.36 bits per heavy atom. The Labute approximate surface area is 136 Å². The van der Waals surface area contributed by atoms with E-state index in [1.54, 1.807) is 0 Å². The summed E-state index contributed by atoms with van der Waals surface area (Å²) in [4.78, 5) is 4.14. The molecule has 0 aromatic carbocycles. The molecule has 7 heteroatoms. The van der Waals surface area contributed by atoms with Crippen molar-refractivity contribution in [3.63, 3.8) is 0 Å². The van der Waals surface area contributed by atoms with Crippen molar-refractivity contribution in [3.8, 4) is 0 Å². The van der Waals surface area contributed by atoms with E-state index >= 15 is 0 Å². The Morgan fingerprint density at radius 1 is 0.864 bits per heavy atom. The van der Waals surface area contributed by atoms with Crippen LogP contribution in [0.2, 0.25) is 0 Å². The first-order valence-electron chi connectivity index (χ1n) is 7.86. The topological polar surface area (TPSA) is 84.9 Å². The normalized spacial score (nSPS) is 17.7. The lowest BCUT2D eigenvalue weighted by Crippen LogP contribution is -2.65. The van der Waals surface area contributed by atoms with Crippen LogP contribution in [0.4, 0.5) is 0 Å². The second-order valence-electron chi connectivity index (χ2n) is 6.43. The third kappa shape index (κ3) is 3.36. The first kappa shape index (κ1) is 19.5. The third-order valence-corrected chi connectivity index (χ3v) is 4.67. The van der Waals surface area contributed by atoms with E-state index in [9.17, 15) is 14.0 Å². The quantitative estimate of drug-likeness (QED) is 0.599. The molecule has 6 nitrogen and oxygen atoms in total. The largest absolute Gasteiger partial charge is 0.371 e. The fourth-order valence-corrected chi connectivity index (χ4v) is 3.77. The second-order valence-corrected chi connectivity index (χ2v) is 7.34. The molecule has 1 rings (SSSR count). The van der Waals surface area contributed by atoms with Gasteiger partial charge in [-0.2, -0.15) is 14.0 Å². The average molecular weight is 337 g/mol. The van der Waals surface area contributed by atoms with E-state index in [2.05, 4.69) is 9.80 Å². The molecule has 0 atom stereocenters. The zero-order valence-electron chi connectivity index (χ0n) is 14.7. The Balaban J connectivity index is 3.38. The summed E-state index contributed by atoms with van der Waals surface area (Å²) in [7, 11) is -4.51. The van der Waals surface area contributed by atoms with E-state index < -0.39 is 21.3 Å². The van der Waals surface area contributed by atoms with Crippen LogP contribution in [0.25, 0.3) is 0 Å². The van der Waals surface area contributed by atoms with Gasteiger partial charge in [-0.25, -0.2) is 0 Å². The number of nitrogens with zero attached hydrogens (tertiary/aromatic N) is 2. The number of hydrogen-bond donors (Lipinski definition) is 0. The summed E-state index contributed by atoms with van der Waals surface area (Å²) in [6, 6.07) is 0. The van der Waals surface area contributed by atoms with E-state index in [0.29, 0.717) is 0 Å². The maximum absolute atomic E-state index is 11.4. The molecular formula is C15H29ClN2O4. The minimum atomic E-state index is -4.51. The zero-order chi connectivity index (χ0) is 17.3. The van der Waals surface area contributed by atoms with Crippen molar-refractivity contribution in [3.05, 3.63) is 11.4 Å². The number of rotatable bonds is 8. The van der Waals surface area contributed by atoms with Crippen molar-refractivity contribution in [2.75, 3.05) is 26.2 Å².